The normalized spacial score (nSPS) is 23.7. The Kier molecular flexibility index (Phi) is 3.59. The number of hydrogen-bond acceptors (Lipinski definition) is 5. The number of carbonyl (C=O) groups is 1. The summed E-state index contributed by atoms with van der Waals surface area (Å²) < 4.78 is 5.62. The third-order valence-corrected chi connectivity index (χ3v) is 3.59. The molecular formula is C13H18N4O2. The van der Waals surface area contributed by atoms with Crippen molar-refractivity contribution in [3.05, 3.63) is 18.5 Å². The summed E-state index contributed by atoms with van der Waals surface area (Å²) in [4.78, 5) is 24.7. The maximum absolute atomic E-state index is 12.3. The largest absolute Gasteiger partial charge is 0.365 e. The van der Waals surface area contributed by atoms with Crippen LogP contribution in [0.1, 0.15) is 12.8 Å². The van der Waals surface area contributed by atoms with Crippen LogP contribution in [0.2, 0.25) is 0 Å². The summed E-state index contributed by atoms with van der Waals surface area (Å²) in [6.07, 6.45) is 5.26. The van der Waals surface area contributed by atoms with Gasteiger partial charge in [-0.25, -0.2) is 9.97 Å². The first-order valence-corrected chi connectivity index (χ1v) is 6.77. The minimum absolute atomic E-state index is 0.109. The maximum Gasteiger partial charge on any atom is 0.253 e. The molecule has 1 unspecified atom stereocenters. The third kappa shape index (κ3) is 2.68. The maximum atomic E-state index is 12.3. The average Bonchev–Trinajstić information content (AvgIpc) is 3.02. The molecule has 2 fully saturated rings. The van der Waals surface area contributed by atoms with Gasteiger partial charge < -0.3 is 14.5 Å². The Hall–Kier alpha value is -1.69. The fourth-order valence-electron chi connectivity index (χ4n) is 2.58. The second-order valence-corrected chi connectivity index (χ2v) is 4.89. The minimum Gasteiger partial charge on any atom is -0.365 e. The molecule has 19 heavy (non-hydrogen) atoms. The van der Waals surface area contributed by atoms with Crippen molar-refractivity contribution < 1.29 is 9.53 Å². The Balaban J connectivity index is 1.66. The number of amides is 1. The SMILES string of the molecule is O=C(C1CN(c2ncccn2)CCO1)N1CCCC1. The second kappa shape index (κ2) is 5.52. The highest BCUT2D eigenvalue weighted by molar-refractivity contribution is 5.82. The van der Waals surface area contributed by atoms with Crippen LogP contribution in [0.25, 0.3) is 0 Å². The molecule has 102 valence electrons. The van der Waals surface area contributed by atoms with Crippen LogP contribution in [0, 0.1) is 0 Å². The van der Waals surface area contributed by atoms with Crippen LogP contribution < -0.4 is 4.90 Å². The Morgan fingerprint density at radius 2 is 1.95 bits per heavy atom. The van der Waals surface area contributed by atoms with E-state index in [1.165, 1.54) is 0 Å². The van der Waals surface area contributed by atoms with Crippen molar-refractivity contribution >= 4 is 11.9 Å². The van der Waals surface area contributed by atoms with Gasteiger partial charge in [0.25, 0.3) is 5.91 Å². The molecule has 0 aromatic carbocycles. The lowest BCUT2D eigenvalue weighted by Gasteiger charge is -2.33. The van der Waals surface area contributed by atoms with Crippen molar-refractivity contribution in [2.75, 3.05) is 37.7 Å². The lowest BCUT2D eigenvalue weighted by Crippen LogP contribution is -2.51. The summed E-state index contributed by atoms with van der Waals surface area (Å²) >= 11 is 0. The van der Waals surface area contributed by atoms with Gasteiger partial charge in [0.1, 0.15) is 0 Å². The first-order chi connectivity index (χ1) is 9.34. The number of aromatic nitrogens is 2. The second-order valence-electron chi connectivity index (χ2n) is 4.89. The van der Waals surface area contributed by atoms with Gasteiger partial charge in [0.15, 0.2) is 6.10 Å². The molecule has 2 aliphatic heterocycles. The Morgan fingerprint density at radius 1 is 1.21 bits per heavy atom. The van der Waals surface area contributed by atoms with E-state index < -0.39 is 0 Å². The molecule has 6 nitrogen and oxygen atoms in total. The van der Waals surface area contributed by atoms with Gasteiger partial charge in [-0.3, -0.25) is 4.79 Å². The number of carbonyl (C=O) groups excluding carboxylic acids is 1. The number of anilines is 1. The van der Waals surface area contributed by atoms with Crippen LogP contribution in [0.15, 0.2) is 18.5 Å². The van der Waals surface area contributed by atoms with Crippen LogP contribution in [-0.2, 0) is 9.53 Å². The smallest absolute Gasteiger partial charge is 0.253 e. The molecule has 1 amide bonds. The van der Waals surface area contributed by atoms with Gasteiger partial charge in [-0.15, -0.1) is 0 Å². The first-order valence-electron chi connectivity index (χ1n) is 6.77. The molecule has 0 N–H and O–H groups in total. The molecule has 3 heterocycles. The molecule has 0 spiro atoms. The lowest BCUT2D eigenvalue weighted by molar-refractivity contribution is -0.143. The predicted octanol–water partition coefficient (Wildman–Crippen LogP) is 0.304. The number of hydrogen-bond donors (Lipinski definition) is 0. The number of rotatable bonds is 2. The van der Waals surface area contributed by atoms with Crippen LogP contribution in [0.4, 0.5) is 5.95 Å². The highest BCUT2D eigenvalue weighted by Gasteiger charge is 2.32. The number of likely N-dealkylation sites (tertiary alicyclic amines) is 1. The monoisotopic (exact) mass is 262 g/mol. The third-order valence-electron chi connectivity index (χ3n) is 3.59. The number of ether oxygens (including phenoxy) is 1. The Labute approximate surface area is 112 Å². The molecule has 6 heteroatoms. The molecule has 3 rings (SSSR count). The Morgan fingerprint density at radius 3 is 2.68 bits per heavy atom. The molecule has 0 saturated carbocycles. The molecule has 0 bridgehead atoms. The summed E-state index contributed by atoms with van der Waals surface area (Å²) in [6.45, 7) is 3.54. The summed E-state index contributed by atoms with van der Waals surface area (Å²) in [5.41, 5.74) is 0. The van der Waals surface area contributed by atoms with E-state index in [4.69, 9.17) is 4.74 Å². The van der Waals surface area contributed by atoms with E-state index in [1.807, 2.05) is 9.80 Å². The van der Waals surface area contributed by atoms with Gasteiger partial charge in [0.2, 0.25) is 5.95 Å². The van der Waals surface area contributed by atoms with Crippen molar-refractivity contribution in [2.24, 2.45) is 0 Å². The number of morpholine rings is 1. The van der Waals surface area contributed by atoms with E-state index in [-0.39, 0.29) is 12.0 Å². The fourth-order valence-corrected chi connectivity index (χ4v) is 2.58. The molecule has 2 aliphatic rings. The molecule has 0 radical (unpaired) electrons. The highest BCUT2D eigenvalue weighted by Crippen LogP contribution is 2.16. The van der Waals surface area contributed by atoms with Crippen molar-refractivity contribution in [3.63, 3.8) is 0 Å². The van der Waals surface area contributed by atoms with Gasteiger partial charge in [-0.2, -0.15) is 0 Å². The molecule has 1 atom stereocenters. The fraction of sp³-hybridized carbons (Fsp3) is 0.615. The molecular weight excluding hydrogens is 244 g/mol. The summed E-state index contributed by atoms with van der Waals surface area (Å²) in [6, 6.07) is 1.79. The Bertz CT molecular complexity index is 434. The van der Waals surface area contributed by atoms with Gasteiger partial charge >= 0.3 is 0 Å². The van der Waals surface area contributed by atoms with E-state index in [1.54, 1.807) is 18.5 Å². The van der Waals surface area contributed by atoms with E-state index in [9.17, 15) is 4.79 Å². The number of nitrogens with zero attached hydrogens (tertiary/aromatic N) is 4. The van der Waals surface area contributed by atoms with Gasteiger partial charge in [-0.1, -0.05) is 0 Å². The van der Waals surface area contributed by atoms with Crippen LogP contribution in [0.3, 0.4) is 0 Å². The van der Waals surface area contributed by atoms with Crippen LogP contribution >= 0.6 is 0 Å². The minimum atomic E-state index is -0.379. The molecule has 0 aliphatic carbocycles. The van der Waals surface area contributed by atoms with Crippen molar-refractivity contribution in [3.8, 4) is 0 Å². The zero-order chi connectivity index (χ0) is 13.1. The molecule has 1 aromatic rings. The standard InChI is InChI=1S/C13H18N4O2/c18-12(16-6-1-2-7-16)11-10-17(8-9-19-11)13-14-4-3-5-15-13/h3-5,11H,1-2,6-10H2. The van der Waals surface area contributed by atoms with Crippen molar-refractivity contribution in [1.82, 2.24) is 14.9 Å². The van der Waals surface area contributed by atoms with Crippen LogP contribution in [0.5, 0.6) is 0 Å². The first kappa shape index (κ1) is 12.3. The van der Waals surface area contributed by atoms with E-state index in [0.29, 0.717) is 19.1 Å². The van der Waals surface area contributed by atoms with E-state index >= 15 is 0 Å². The summed E-state index contributed by atoms with van der Waals surface area (Å²) in [5, 5.41) is 0. The topological polar surface area (TPSA) is 58.6 Å². The van der Waals surface area contributed by atoms with E-state index in [0.717, 1.165) is 32.5 Å². The average molecular weight is 262 g/mol. The molecule has 1 aromatic heterocycles. The van der Waals surface area contributed by atoms with Crippen molar-refractivity contribution in [2.45, 2.75) is 18.9 Å². The summed E-state index contributed by atoms with van der Waals surface area (Å²) in [5.74, 6) is 0.781. The zero-order valence-corrected chi connectivity index (χ0v) is 10.9. The summed E-state index contributed by atoms with van der Waals surface area (Å²) in [7, 11) is 0. The molecule has 2 saturated heterocycles. The predicted molar refractivity (Wildman–Crippen MR) is 69.8 cm³/mol. The lowest BCUT2D eigenvalue weighted by atomic mass is 10.2. The van der Waals surface area contributed by atoms with Gasteiger partial charge in [0, 0.05) is 32.0 Å². The van der Waals surface area contributed by atoms with Gasteiger partial charge in [-0.05, 0) is 18.9 Å². The highest BCUT2D eigenvalue weighted by atomic mass is 16.5. The quantitative estimate of drug-likeness (QED) is 0.767. The van der Waals surface area contributed by atoms with E-state index in [2.05, 4.69) is 9.97 Å². The zero-order valence-electron chi connectivity index (χ0n) is 10.9. The van der Waals surface area contributed by atoms with Gasteiger partial charge in [0.05, 0.1) is 13.2 Å². The van der Waals surface area contributed by atoms with Crippen LogP contribution in [-0.4, -0.2) is 59.7 Å². The van der Waals surface area contributed by atoms with Crippen molar-refractivity contribution in [1.29, 1.82) is 0 Å².